The molecule has 3 heteroatoms. The van der Waals surface area contributed by atoms with Crippen molar-refractivity contribution < 1.29 is 9.90 Å². The topological polar surface area (TPSA) is 49.3 Å². The van der Waals surface area contributed by atoms with Crippen LogP contribution >= 0.6 is 0 Å². The van der Waals surface area contributed by atoms with Crippen molar-refractivity contribution in [3.8, 4) is 0 Å². The molecule has 0 fully saturated rings. The summed E-state index contributed by atoms with van der Waals surface area (Å²) in [4.78, 5) is 10.9. The molecule has 0 aliphatic carbocycles. The third kappa shape index (κ3) is 4.56. The van der Waals surface area contributed by atoms with Crippen molar-refractivity contribution in [2.24, 2.45) is 0 Å². The van der Waals surface area contributed by atoms with Gasteiger partial charge in [-0.05, 0) is 26.8 Å². The Morgan fingerprint density at radius 1 is 1.64 bits per heavy atom. The lowest BCUT2D eigenvalue weighted by atomic mass is 10.1. The van der Waals surface area contributed by atoms with Gasteiger partial charge in [-0.3, -0.25) is 4.79 Å². The molecule has 0 saturated carbocycles. The molecule has 0 bridgehead atoms. The highest BCUT2D eigenvalue weighted by atomic mass is 16.3. The highest BCUT2D eigenvalue weighted by Gasteiger charge is 2.16. The van der Waals surface area contributed by atoms with Crippen molar-refractivity contribution in [2.75, 3.05) is 6.61 Å². The molecule has 0 heterocycles. The monoisotopic (exact) mass is 157 g/mol. The second-order valence-corrected chi connectivity index (χ2v) is 3.03. The molecule has 0 unspecified atom stereocenters. The lowest BCUT2D eigenvalue weighted by Gasteiger charge is -2.22. The molecular formula is C8H15NO2. The van der Waals surface area contributed by atoms with Gasteiger partial charge in [0, 0.05) is 0 Å². The standard InChI is InChI=1S/C8H15NO2/c1-4-5-7(11)9-8(2,3)6-10/h4-5,10H,6H2,1-3H3,(H,9,11)/b5-4+. The molecule has 0 aromatic heterocycles. The van der Waals surface area contributed by atoms with Crippen LogP contribution in [0.5, 0.6) is 0 Å². The predicted octanol–water partition coefficient (Wildman–Crippen LogP) is 0.450. The average molecular weight is 157 g/mol. The zero-order valence-corrected chi connectivity index (χ0v) is 7.22. The first-order chi connectivity index (χ1) is 5.02. The van der Waals surface area contributed by atoms with E-state index in [1.54, 1.807) is 26.8 Å². The van der Waals surface area contributed by atoms with Crippen LogP contribution in [-0.4, -0.2) is 23.2 Å². The van der Waals surface area contributed by atoms with Crippen LogP contribution in [0.25, 0.3) is 0 Å². The molecule has 0 radical (unpaired) electrons. The summed E-state index contributed by atoms with van der Waals surface area (Å²) in [5, 5.41) is 11.4. The fourth-order valence-electron chi connectivity index (χ4n) is 0.566. The van der Waals surface area contributed by atoms with E-state index in [0.29, 0.717) is 0 Å². The maximum absolute atomic E-state index is 10.9. The maximum atomic E-state index is 10.9. The number of allylic oxidation sites excluding steroid dienone is 1. The van der Waals surface area contributed by atoms with E-state index >= 15 is 0 Å². The van der Waals surface area contributed by atoms with E-state index < -0.39 is 5.54 Å². The van der Waals surface area contributed by atoms with E-state index in [1.807, 2.05) is 0 Å². The molecular weight excluding hydrogens is 142 g/mol. The Morgan fingerprint density at radius 2 is 2.18 bits per heavy atom. The van der Waals surface area contributed by atoms with Gasteiger partial charge in [0.1, 0.15) is 0 Å². The zero-order chi connectivity index (χ0) is 8.91. The number of carbonyl (C=O) groups is 1. The minimum atomic E-state index is -0.531. The number of carbonyl (C=O) groups excluding carboxylic acids is 1. The van der Waals surface area contributed by atoms with Gasteiger partial charge in [0.15, 0.2) is 0 Å². The van der Waals surface area contributed by atoms with Gasteiger partial charge in [-0.15, -0.1) is 0 Å². The number of aliphatic hydroxyl groups is 1. The molecule has 64 valence electrons. The average Bonchev–Trinajstić information content (AvgIpc) is 1.87. The molecule has 0 rings (SSSR count). The molecule has 0 aliphatic heterocycles. The van der Waals surface area contributed by atoms with Crippen LogP contribution in [0.1, 0.15) is 20.8 Å². The van der Waals surface area contributed by atoms with Crippen molar-refractivity contribution in [3.63, 3.8) is 0 Å². The number of rotatable bonds is 3. The molecule has 0 spiro atoms. The van der Waals surface area contributed by atoms with Crippen molar-refractivity contribution in [3.05, 3.63) is 12.2 Å². The van der Waals surface area contributed by atoms with Gasteiger partial charge in [-0.1, -0.05) is 6.08 Å². The first kappa shape index (κ1) is 10.2. The summed E-state index contributed by atoms with van der Waals surface area (Å²) in [5.41, 5.74) is -0.531. The fraction of sp³-hybridized carbons (Fsp3) is 0.625. The summed E-state index contributed by atoms with van der Waals surface area (Å²) in [5.74, 6) is -0.174. The minimum absolute atomic E-state index is 0.0592. The zero-order valence-electron chi connectivity index (χ0n) is 7.22. The van der Waals surface area contributed by atoms with Crippen molar-refractivity contribution in [2.45, 2.75) is 26.3 Å². The molecule has 0 aromatic rings. The lowest BCUT2D eigenvalue weighted by molar-refractivity contribution is -0.118. The van der Waals surface area contributed by atoms with E-state index in [0.717, 1.165) is 0 Å². The number of hydrogen-bond acceptors (Lipinski definition) is 2. The van der Waals surface area contributed by atoms with Crippen LogP contribution in [0, 0.1) is 0 Å². The van der Waals surface area contributed by atoms with Crippen LogP contribution < -0.4 is 5.32 Å². The molecule has 3 nitrogen and oxygen atoms in total. The summed E-state index contributed by atoms with van der Waals surface area (Å²) >= 11 is 0. The quantitative estimate of drug-likeness (QED) is 0.584. The number of amides is 1. The largest absolute Gasteiger partial charge is 0.394 e. The number of nitrogens with one attached hydrogen (secondary N) is 1. The summed E-state index contributed by atoms with van der Waals surface area (Å²) in [6.45, 7) is 5.23. The smallest absolute Gasteiger partial charge is 0.244 e. The van der Waals surface area contributed by atoms with E-state index in [4.69, 9.17) is 5.11 Å². The van der Waals surface area contributed by atoms with E-state index in [1.165, 1.54) is 6.08 Å². The lowest BCUT2D eigenvalue weighted by Crippen LogP contribution is -2.45. The van der Waals surface area contributed by atoms with Crippen LogP contribution in [0.2, 0.25) is 0 Å². The Morgan fingerprint density at radius 3 is 2.55 bits per heavy atom. The molecule has 0 saturated heterocycles. The van der Waals surface area contributed by atoms with Gasteiger partial charge in [-0.2, -0.15) is 0 Å². The van der Waals surface area contributed by atoms with E-state index in [2.05, 4.69) is 5.32 Å². The minimum Gasteiger partial charge on any atom is -0.394 e. The summed E-state index contributed by atoms with van der Waals surface area (Å²) in [6, 6.07) is 0. The Kier molecular flexibility index (Phi) is 3.82. The predicted molar refractivity (Wildman–Crippen MR) is 44.1 cm³/mol. The van der Waals surface area contributed by atoms with Gasteiger partial charge < -0.3 is 10.4 Å². The van der Waals surface area contributed by atoms with Crippen molar-refractivity contribution >= 4 is 5.91 Å². The van der Waals surface area contributed by atoms with Crippen LogP contribution in [0.15, 0.2) is 12.2 Å². The second-order valence-electron chi connectivity index (χ2n) is 3.03. The van der Waals surface area contributed by atoms with Gasteiger partial charge in [0.2, 0.25) is 5.91 Å². The highest BCUT2D eigenvalue weighted by Crippen LogP contribution is 1.98. The molecule has 11 heavy (non-hydrogen) atoms. The first-order valence-corrected chi connectivity index (χ1v) is 3.57. The summed E-state index contributed by atoms with van der Waals surface area (Å²) < 4.78 is 0. The third-order valence-electron chi connectivity index (χ3n) is 1.17. The molecule has 0 aromatic carbocycles. The SMILES string of the molecule is C/C=C/C(=O)NC(C)(C)CO. The third-order valence-corrected chi connectivity index (χ3v) is 1.17. The van der Waals surface area contributed by atoms with Crippen molar-refractivity contribution in [1.29, 1.82) is 0 Å². The number of aliphatic hydroxyl groups excluding tert-OH is 1. The fourth-order valence-corrected chi connectivity index (χ4v) is 0.566. The van der Waals surface area contributed by atoms with Gasteiger partial charge >= 0.3 is 0 Å². The molecule has 1 amide bonds. The van der Waals surface area contributed by atoms with Crippen LogP contribution in [0.4, 0.5) is 0 Å². The molecule has 0 atom stereocenters. The first-order valence-electron chi connectivity index (χ1n) is 3.57. The van der Waals surface area contributed by atoms with E-state index in [9.17, 15) is 4.79 Å². The van der Waals surface area contributed by atoms with E-state index in [-0.39, 0.29) is 12.5 Å². The highest BCUT2D eigenvalue weighted by molar-refractivity contribution is 5.87. The Labute approximate surface area is 67.1 Å². The number of hydrogen-bond donors (Lipinski definition) is 2. The Balaban J connectivity index is 3.93. The summed E-state index contributed by atoms with van der Waals surface area (Å²) in [6.07, 6.45) is 3.08. The molecule has 2 N–H and O–H groups in total. The van der Waals surface area contributed by atoms with Crippen molar-refractivity contribution in [1.82, 2.24) is 5.32 Å². The van der Waals surface area contributed by atoms with Crippen LogP contribution in [0.3, 0.4) is 0 Å². The van der Waals surface area contributed by atoms with Gasteiger partial charge in [-0.25, -0.2) is 0 Å². The normalized spacial score (nSPS) is 12.0. The Bertz CT molecular complexity index is 161. The van der Waals surface area contributed by atoms with Gasteiger partial charge in [0.25, 0.3) is 0 Å². The van der Waals surface area contributed by atoms with Gasteiger partial charge in [0.05, 0.1) is 12.1 Å². The summed E-state index contributed by atoms with van der Waals surface area (Å²) in [7, 11) is 0. The Hall–Kier alpha value is -0.830. The second kappa shape index (κ2) is 4.13. The van der Waals surface area contributed by atoms with Crippen LogP contribution in [-0.2, 0) is 4.79 Å². The maximum Gasteiger partial charge on any atom is 0.244 e. The molecule has 0 aliphatic rings.